The van der Waals surface area contributed by atoms with E-state index in [1.54, 1.807) is 14.2 Å². The molecular formula is C29H35NO2. The van der Waals surface area contributed by atoms with Crippen LogP contribution in [0.4, 0.5) is 5.69 Å². The molecule has 0 amide bonds. The number of methoxy groups -OCH3 is 2. The number of hydrogen-bond acceptors (Lipinski definition) is 3. The summed E-state index contributed by atoms with van der Waals surface area (Å²) in [5.74, 6) is 1.43. The molecular weight excluding hydrogens is 394 g/mol. The highest BCUT2D eigenvalue weighted by Gasteiger charge is 2.15. The van der Waals surface area contributed by atoms with E-state index < -0.39 is 0 Å². The summed E-state index contributed by atoms with van der Waals surface area (Å²) in [6, 6.07) is 17.0. The van der Waals surface area contributed by atoms with Gasteiger partial charge in [0.05, 0.1) is 14.2 Å². The van der Waals surface area contributed by atoms with E-state index in [2.05, 4.69) is 68.0 Å². The zero-order chi connectivity index (χ0) is 23.7. The molecule has 32 heavy (non-hydrogen) atoms. The Morgan fingerprint density at radius 3 is 2.19 bits per heavy atom. The third-order valence-corrected chi connectivity index (χ3v) is 5.11. The number of nitrogens with zero attached hydrogens (tertiary/aromatic N) is 1. The van der Waals surface area contributed by atoms with Gasteiger partial charge in [0.1, 0.15) is 0 Å². The van der Waals surface area contributed by atoms with Crippen molar-refractivity contribution in [2.45, 2.75) is 20.8 Å². The minimum atomic E-state index is 0.714. The second-order valence-electron chi connectivity index (χ2n) is 7.22. The topological polar surface area (TPSA) is 21.7 Å². The lowest BCUT2D eigenvalue weighted by Crippen LogP contribution is -2.09. The van der Waals surface area contributed by atoms with Crippen LogP contribution in [0.25, 0.3) is 27.5 Å². The molecule has 0 bridgehead atoms. The Hall–Kier alpha value is -3.46. The van der Waals surface area contributed by atoms with Crippen molar-refractivity contribution in [3.8, 4) is 22.6 Å². The van der Waals surface area contributed by atoms with Gasteiger partial charge in [-0.1, -0.05) is 62.9 Å². The first-order valence-electron chi connectivity index (χ1n) is 11.0. The SMILES string of the molecule is C=C/C=C(\C=C/C)c1cc(-c2ccccc2N(C)C)cc2cc(OC)c(OC)cc12.CC. The Morgan fingerprint density at radius 1 is 0.938 bits per heavy atom. The number of hydrogen-bond donors (Lipinski definition) is 0. The standard InChI is InChI=1S/C27H29NO2.C2H6/c1-7-11-19(12-8-2)23-16-20(22-13-9-10-14-25(22)28(3)4)15-21-17-26(29-5)27(30-6)18-24(21)23;1-2/h7-18H,1H2,2-6H3;1-2H3/b12-8-,19-11+;. The Morgan fingerprint density at radius 2 is 1.59 bits per heavy atom. The molecule has 0 radical (unpaired) electrons. The molecule has 0 heterocycles. The molecule has 3 aromatic carbocycles. The number of allylic oxidation sites excluding steroid dienone is 5. The third-order valence-electron chi connectivity index (χ3n) is 5.11. The molecule has 168 valence electrons. The number of ether oxygens (including phenoxy) is 2. The minimum Gasteiger partial charge on any atom is -0.493 e. The lowest BCUT2D eigenvalue weighted by molar-refractivity contribution is 0.356. The summed E-state index contributed by atoms with van der Waals surface area (Å²) in [7, 11) is 7.46. The summed E-state index contributed by atoms with van der Waals surface area (Å²) in [5, 5.41) is 2.19. The van der Waals surface area contributed by atoms with E-state index >= 15 is 0 Å². The molecule has 0 N–H and O–H groups in total. The maximum absolute atomic E-state index is 5.58. The van der Waals surface area contributed by atoms with Gasteiger partial charge in [0.2, 0.25) is 0 Å². The highest BCUT2D eigenvalue weighted by Crippen LogP contribution is 2.40. The molecule has 0 fully saturated rings. The summed E-state index contributed by atoms with van der Waals surface area (Å²) >= 11 is 0. The smallest absolute Gasteiger partial charge is 0.161 e. The van der Waals surface area contributed by atoms with Crippen LogP contribution in [0.2, 0.25) is 0 Å². The number of anilines is 1. The maximum atomic E-state index is 5.58. The summed E-state index contributed by atoms with van der Waals surface area (Å²) in [6.45, 7) is 9.93. The van der Waals surface area contributed by atoms with Gasteiger partial charge in [0, 0.05) is 25.3 Å². The molecule has 3 rings (SSSR count). The van der Waals surface area contributed by atoms with E-state index in [9.17, 15) is 0 Å². The molecule has 0 aromatic heterocycles. The van der Waals surface area contributed by atoms with Crippen LogP contribution in [0.5, 0.6) is 11.5 Å². The fraction of sp³-hybridized carbons (Fsp3) is 0.241. The van der Waals surface area contributed by atoms with Crippen LogP contribution in [0.15, 0.2) is 79.4 Å². The second-order valence-corrected chi connectivity index (χ2v) is 7.22. The third kappa shape index (κ3) is 5.23. The first-order valence-corrected chi connectivity index (χ1v) is 11.0. The van der Waals surface area contributed by atoms with Crippen molar-refractivity contribution in [3.05, 3.63) is 85.0 Å². The molecule has 0 saturated carbocycles. The van der Waals surface area contributed by atoms with Crippen LogP contribution in [-0.2, 0) is 0 Å². The van der Waals surface area contributed by atoms with Crippen molar-refractivity contribution in [3.63, 3.8) is 0 Å². The molecule has 0 aliphatic rings. The summed E-state index contributed by atoms with van der Waals surface area (Å²) in [5.41, 5.74) is 5.71. The maximum Gasteiger partial charge on any atom is 0.161 e. The fourth-order valence-corrected chi connectivity index (χ4v) is 3.73. The van der Waals surface area contributed by atoms with Crippen LogP contribution < -0.4 is 14.4 Å². The van der Waals surface area contributed by atoms with Crippen molar-refractivity contribution in [1.29, 1.82) is 0 Å². The monoisotopic (exact) mass is 429 g/mol. The molecule has 0 aliphatic carbocycles. The fourth-order valence-electron chi connectivity index (χ4n) is 3.73. The molecule has 0 unspecified atom stereocenters. The van der Waals surface area contributed by atoms with Gasteiger partial charge in [0.15, 0.2) is 11.5 Å². The zero-order valence-corrected chi connectivity index (χ0v) is 20.4. The van der Waals surface area contributed by atoms with Crippen molar-refractivity contribution >= 4 is 22.0 Å². The highest BCUT2D eigenvalue weighted by atomic mass is 16.5. The lowest BCUT2D eigenvalue weighted by Gasteiger charge is -2.20. The summed E-state index contributed by atoms with van der Waals surface area (Å²) < 4.78 is 11.1. The van der Waals surface area contributed by atoms with E-state index in [1.807, 2.05) is 51.1 Å². The largest absolute Gasteiger partial charge is 0.493 e. The van der Waals surface area contributed by atoms with Gasteiger partial charge in [-0.2, -0.15) is 0 Å². The molecule has 0 atom stereocenters. The van der Waals surface area contributed by atoms with Gasteiger partial charge in [0.25, 0.3) is 0 Å². The number of benzene rings is 3. The Bertz CT molecular complexity index is 1120. The van der Waals surface area contributed by atoms with Gasteiger partial charge in [-0.25, -0.2) is 0 Å². The van der Waals surface area contributed by atoms with Crippen molar-refractivity contribution in [1.82, 2.24) is 0 Å². The highest BCUT2D eigenvalue weighted by molar-refractivity contribution is 6.01. The molecule has 3 heteroatoms. The quantitative estimate of drug-likeness (QED) is 0.358. The predicted molar refractivity (Wildman–Crippen MR) is 141 cm³/mol. The van der Waals surface area contributed by atoms with Gasteiger partial charge in [-0.05, 0) is 64.7 Å². The van der Waals surface area contributed by atoms with Gasteiger partial charge < -0.3 is 14.4 Å². The second kappa shape index (κ2) is 11.8. The van der Waals surface area contributed by atoms with E-state index in [0.717, 1.165) is 27.5 Å². The first-order chi connectivity index (χ1) is 15.5. The van der Waals surface area contributed by atoms with Crippen molar-refractivity contribution in [2.75, 3.05) is 33.2 Å². The number of rotatable bonds is 7. The molecule has 0 spiro atoms. The lowest BCUT2D eigenvalue weighted by atomic mass is 9.91. The van der Waals surface area contributed by atoms with Gasteiger partial charge >= 0.3 is 0 Å². The molecule has 0 saturated heterocycles. The van der Waals surface area contributed by atoms with E-state index in [4.69, 9.17) is 9.47 Å². The predicted octanol–water partition coefficient (Wildman–Crippen LogP) is 7.76. The van der Waals surface area contributed by atoms with Crippen LogP contribution in [-0.4, -0.2) is 28.3 Å². The average molecular weight is 430 g/mol. The van der Waals surface area contributed by atoms with Crippen LogP contribution in [0.3, 0.4) is 0 Å². The zero-order valence-electron chi connectivity index (χ0n) is 20.4. The van der Waals surface area contributed by atoms with Crippen LogP contribution in [0.1, 0.15) is 26.3 Å². The molecule has 3 nitrogen and oxygen atoms in total. The number of para-hydroxylation sites is 1. The number of fused-ring (bicyclic) bond motifs is 1. The molecule has 3 aromatic rings. The van der Waals surface area contributed by atoms with Crippen LogP contribution >= 0.6 is 0 Å². The van der Waals surface area contributed by atoms with Crippen molar-refractivity contribution in [2.24, 2.45) is 0 Å². The van der Waals surface area contributed by atoms with Gasteiger partial charge in [-0.15, -0.1) is 0 Å². The van der Waals surface area contributed by atoms with Crippen molar-refractivity contribution < 1.29 is 9.47 Å². The van der Waals surface area contributed by atoms with E-state index in [-0.39, 0.29) is 0 Å². The van der Waals surface area contributed by atoms with E-state index in [1.165, 1.54) is 11.3 Å². The Kier molecular flexibility index (Phi) is 9.15. The average Bonchev–Trinajstić information content (AvgIpc) is 2.83. The van der Waals surface area contributed by atoms with E-state index in [0.29, 0.717) is 11.5 Å². The van der Waals surface area contributed by atoms with Gasteiger partial charge in [-0.3, -0.25) is 0 Å². The normalized spacial score (nSPS) is 11.2. The Labute approximate surface area is 193 Å². The summed E-state index contributed by atoms with van der Waals surface area (Å²) in [6.07, 6.45) is 8.01. The molecule has 0 aliphatic heterocycles. The summed E-state index contributed by atoms with van der Waals surface area (Å²) in [4.78, 5) is 2.14. The van der Waals surface area contributed by atoms with Crippen LogP contribution in [0, 0.1) is 0 Å². The minimum absolute atomic E-state index is 0.714. The Balaban J connectivity index is 0.00000176. The first kappa shape index (κ1) is 24.8.